The Morgan fingerprint density at radius 3 is 2.36 bits per heavy atom. The van der Waals surface area contributed by atoms with Gasteiger partial charge in [0.25, 0.3) is 0 Å². The molecule has 1 heterocycles. The van der Waals surface area contributed by atoms with E-state index in [1.54, 1.807) is 0 Å². The van der Waals surface area contributed by atoms with Gasteiger partial charge in [0.2, 0.25) is 0 Å². The fourth-order valence-corrected chi connectivity index (χ4v) is 1.37. The first-order valence-electron chi connectivity index (χ1n) is 3.97. The molecular formula is C8H14NOY-. The van der Waals surface area contributed by atoms with Crippen LogP contribution in [0.2, 0.25) is 0 Å². The van der Waals surface area contributed by atoms with Crippen molar-refractivity contribution >= 4 is 6.29 Å². The van der Waals surface area contributed by atoms with Gasteiger partial charge in [-0.3, -0.25) is 6.29 Å². The van der Waals surface area contributed by atoms with Crippen LogP contribution in [0, 0.1) is 5.92 Å². The molecule has 1 fully saturated rings. The van der Waals surface area contributed by atoms with Crippen molar-refractivity contribution in [2.45, 2.75) is 19.8 Å². The molecule has 1 radical (unpaired) electrons. The number of nitrogens with zero attached hydrogens (tertiary/aromatic N) is 1. The van der Waals surface area contributed by atoms with Crippen LogP contribution in [0.25, 0.3) is 0 Å². The molecule has 61 valence electrons. The van der Waals surface area contributed by atoms with Crippen LogP contribution in [0.4, 0.5) is 0 Å². The summed E-state index contributed by atoms with van der Waals surface area (Å²) >= 11 is 0. The average Bonchev–Trinajstić information content (AvgIpc) is 2.05. The van der Waals surface area contributed by atoms with Crippen molar-refractivity contribution in [3.05, 3.63) is 0 Å². The van der Waals surface area contributed by atoms with Gasteiger partial charge in [0.05, 0.1) is 0 Å². The van der Waals surface area contributed by atoms with Crippen LogP contribution < -0.4 is 0 Å². The summed E-state index contributed by atoms with van der Waals surface area (Å²) < 4.78 is 0. The van der Waals surface area contributed by atoms with Gasteiger partial charge < -0.3 is 9.69 Å². The molecule has 11 heavy (non-hydrogen) atoms. The summed E-state index contributed by atoms with van der Waals surface area (Å²) in [6.07, 6.45) is 4.09. The second-order valence-electron chi connectivity index (χ2n) is 2.83. The van der Waals surface area contributed by atoms with Crippen molar-refractivity contribution in [1.82, 2.24) is 4.90 Å². The summed E-state index contributed by atoms with van der Waals surface area (Å²) in [5.41, 5.74) is 0. The molecule has 0 aliphatic carbocycles. The van der Waals surface area contributed by atoms with Crippen LogP contribution in [0.1, 0.15) is 19.8 Å². The van der Waals surface area contributed by atoms with Crippen LogP contribution in [0.15, 0.2) is 0 Å². The van der Waals surface area contributed by atoms with E-state index in [4.69, 9.17) is 0 Å². The van der Waals surface area contributed by atoms with Gasteiger partial charge in [-0.15, -0.1) is 5.92 Å². The predicted molar refractivity (Wildman–Crippen MR) is 40.5 cm³/mol. The Morgan fingerprint density at radius 2 is 2.00 bits per heavy atom. The molecule has 0 aromatic heterocycles. The van der Waals surface area contributed by atoms with E-state index < -0.39 is 0 Å². The van der Waals surface area contributed by atoms with Gasteiger partial charge in [-0.25, -0.2) is 0 Å². The van der Waals surface area contributed by atoms with E-state index in [9.17, 15) is 4.79 Å². The van der Waals surface area contributed by atoms with Crippen molar-refractivity contribution < 1.29 is 37.5 Å². The largest absolute Gasteiger partial charge is 0.542 e. The summed E-state index contributed by atoms with van der Waals surface area (Å²) in [4.78, 5) is 12.6. The van der Waals surface area contributed by atoms with Crippen molar-refractivity contribution in [2.75, 3.05) is 19.6 Å². The number of carbonyl (C=O) groups excluding carboxylic acids is 1. The second-order valence-corrected chi connectivity index (χ2v) is 2.83. The van der Waals surface area contributed by atoms with Gasteiger partial charge in [-0.2, -0.15) is 0 Å². The molecule has 0 aromatic rings. The number of piperidine rings is 1. The molecule has 0 spiro atoms. The minimum Gasteiger partial charge on any atom is -0.542 e. The summed E-state index contributed by atoms with van der Waals surface area (Å²) in [5.74, 6) is 0.225. The SMILES string of the molecule is CCN1CCC([C-]=O)CC1.[Y]. The molecule has 1 rings (SSSR count). The number of likely N-dealkylation sites (tertiary alicyclic amines) is 1. The first kappa shape index (κ1) is 11.7. The van der Waals surface area contributed by atoms with Crippen LogP contribution in [-0.2, 0) is 37.5 Å². The third-order valence-corrected chi connectivity index (χ3v) is 2.20. The fraction of sp³-hybridized carbons (Fsp3) is 0.875. The molecule has 0 saturated carbocycles. The molecule has 0 bridgehead atoms. The van der Waals surface area contributed by atoms with Crippen LogP contribution in [0.3, 0.4) is 0 Å². The normalized spacial score (nSPS) is 20.8. The summed E-state index contributed by atoms with van der Waals surface area (Å²) in [6, 6.07) is 0. The summed E-state index contributed by atoms with van der Waals surface area (Å²) in [5, 5.41) is 0. The maximum absolute atomic E-state index is 10.2. The number of hydrogen-bond acceptors (Lipinski definition) is 2. The zero-order chi connectivity index (χ0) is 7.40. The van der Waals surface area contributed by atoms with Crippen LogP contribution in [0.5, 0.6) is 0 Å². The number of hydrogen-bond donors (Lipinski definition) is 0. The van der Waals surface area contributed by atoms with E-state index in [2.05, 4.69) is 18.1 Å². The molecule has 1 saturated heterocycles. The smallest absolute Gasteiger partial charge is 0 e. The molecule has 0 amide bonds. The first-order chi connectivity index (χ1) is 4.86. The molecule has 0 unspecified atom stereocenters. The Hall–Kier alpha value is 0.734. The summed E-state index contributed by atoms with van der Waals surface area (Å²) in [7, 11) is 0. The Balaban J connectivity index is 0.000001000. The predicted octanol–water partition coefficient (Wildman–Crippen LogP) is 0.826. The van der Waals surface area contributed by atoms with E-state index >= 15 is 0 Å². The van der Waals surface area contributed by atoms with Gasteiger partial charge in [0, 0.05) is 32.7 Å². The Kier molecular flexibility index (Phi) is 6.69. The Morgan fingerprint density at radius 1 is 1.45 bits per heavy atom. The van der Waals surface area contributed by atoms with Crippen LogP contribution >= 0.6 is 0 Å². The van der Waals surface area contributed by atoms with Crippen molar-refractivity contribution in [3.63, 3.8) is 0 Å². The van der Waals surface area contributed by atoms with Crippen molar-refractivity contribution in [3.8, 4) is 0 Å². The fourth-order valence-electron chi connectivity index (χ4n) is 1.37. The van der Waals surface area contributed by atoms with Gasteiger partial charge in [0.1, 0.15) is 0 Å². The minimum atomic E-state index is 0. The van der Waals surface area contributed by atoms with Crippen LogP contribution in [-0.4, -0.2) is 30.8 Å². The molecule has 0 N–H and O–H groups in total. The number of rotatable bonds is 2. The minimum absolute atomic E-state index is 0. The first-order valence-corrected chi connectivity index (χ1v) is 3.97. The van der Waals surface area contributed by atoms with E-state index in [0.29, 0.717) is 0 Å². The van der Waals surface area contributed by atoms with Gasteiger partial charge in [-0.1, -0.05) is 19.8 Å². The van der Waals surface area contributed by atoms with Gasteiger partial charge in [0.15, 0.2) is 0 Å². The molecular weight excluding hydrogens is 215 g/mol. The van der Waals surface area contributed by atoms with E-state index in [1.165, 1.54) is 0 Å². The van der Waals surface area contributed by atoms with E-state index in [1.807, 2.05) is 0 Å². The molecule has 1 aliphatic heterocycles. The molecule has 2 nitrogen and oxygen atoms in total. The molecule has 0 atom stereocenters. The van der Waals surface area contributed by atoms with Gasteiger partial charge >= 0.3 is 0 Å². The Labute approximate surface area is 93.6 Å². The second kappa shape index (κ2) is 6.27. The topological polar surface area (TPSA) is 20.3 Å². The maximum Gasteiger partial charge on any atom is 0 e. The Bertz CT molecular complexity index is 111. The maximum atomic E-state index is 10.2. The van der Waals surface area contributed by atoms with E-state index in [-0.39, 0.29) is 38.6 Å². The third-order valence-electron chi connectivity index (χ3n) is 2.20. The van der Waals surface area contributed by atoms with Gasteiger partial charge in [-0.05, 0) is 19.6 Å². The van der Waals surface area contributed by atoms with E-state index in [0.717, 1.165) is 32.5 Å². The molecule has 0 aromatic carbocycles. The quantitative estimate of drug-likeness (QED) is 0.653. The summed E-state index contributed by atoms with van der Waals surface area (Å²) in [6.45, 7) is 5.43. The molecule has 1 aliphatic rings. The monoisotopic (exact) mass is 229 g/mol. The standard InChI is InChI=1S/C8H14NO.Y/c1-2-9-5-3-8(7-10)4-6-9;/h8H,2-6H2,1H3;/q-1;. The van der Waals surface area contributed by atoms with Crippen molar-refractivity contribution in [2.24, 2.45) is 5.92 Å². The zero-order valence-corrected chi connectivity index (χ0v) is 9.88. The zero-order valence-electron chi connectivity index (χ0n) is 7.05. The third kappa shape index (κ3) is 3.77. The average molecular weight is 229 g/mol. The van der Waals surface area contributed by atoms with Crippen molar-refractivity contribution in [1.29, 1.82) is 0 Å². The molecule has 3 heteroatoms.